The topological polar surface area (TPSA) is 142 Å². The zero-order chi connectivity index (χ0) is 54.9. The van der Waals surface area contributed by atoms with Gasteiger partial charge in [0.1, 0.15) is 11.5 Å². The Morgan fingerprint density at radius 3 is 1.24 bits per heavy atom. The molecule has 0 spiro atoms. The van der Waals surface area contributed by atoms with Crippen molar-refractivity contribution in [3.05, 3.63) is 187 Å². The summed E-state index contributed by atoms with van der Waals surface area (Å²) < 4.78 is 0. The van der Waals surface area contributed by atoms with E-state index in [0.717, 1.165) is 34.3 Å². The maximum absolute atomic E-state index is 5.22. The van der Waals surface area contributed by atoms with Gasteiger partial charge in [0.25, 0.3) is 0 Å². The summed E-state index contributed by atoms with van der Waals surface area (Å²) in [5.74, 6) is 4.12. The molecule has 17 heteroatoms. The van der Waals surface area contributed by atoms with Gasteiger partial charge in [-0.15, -0.1) is 35.7 Å². The zero-order valence-electron chi connectivity index (χ0n) is 49.6. The van der Waals surface area contributed by atoms with Gasteiger partial charge >= 0.3 is 0 Å². The summed E-state index contributed by atoms with van der Waals surface area (Å²) in [5, 5.41) is 0. The number of hydrogen-bond donors (Lipinski definition) is 0. The van der Waals surface area contributed by atoms with Crippen molar-refractivity contribution in [3.63, 3.8) is 0 Å². The quantitative estimate of drug-likeness (QED) is 0.106. The van der Waals surface area contributed by atoms with Gasteiger partial charge in [-0.2, -0.15) is 42.5 Å². The maximum Gasteiger partial charge on any atom is 0.135 e. The molecule has 0 amide bonds. The molecule has 7 aromatic rings. The van der Waals surface area contributed by atoms with Crippen LogP contribution >= 0.6 is 0 Å². The summed E-state index contributed by atoms with van der Waals surface area (Å²) in [6.07, 6.45) is 32.1. The first-order chi connectivity index (χ1) is 33.2. The summed E-state index contributed by atoms with van der Waals surface area (Å²) >= 11 is 0. The smallest absolute Gasteiger partial charge is 0.135 e. The molecule has 0 fully saturated rings. The van der Waals surface area contributed by atoms with E-state index >= 15 is 0 Å². The molecule has 0 N–H and O–H groups in total. The van der Waals surface area contributed by atoms with E-state index < -0.39 is 0 Å². The van der Waals surface area contributed by atoms with Crippen LogP contribution in [0.5, 0.6) is 0 Å². The monoisotopic (exact) mass is 2090 g/mol. The molecule has 0 atom stereocenters. The SMILES string of the molecule is C#Cc1ccnc(C(C)(C)C)n1.CC(C)(C)c1[c-]nccc1.CC(C)(C)c1c[c-]ncc1.CC(C)(C)c1c[c-]ncn1.CC(C)(C)c1ccc[c-]n1.CC(C)(C)c1ccn[c-]n1.CC(C)(C)c1n[c-]ccn1.[Re].[Re].[Re].[Re].[Re].[Re]. The van der Waals surface area contributed by atoms with Crippen LogP contribution < -0.4 is 0 Å². The molecule has 428 valence electrons. The molecule has 0 aliphatic rings. The van der Waals surface area contributed by atoms with Crippen LogP contribution in [0, 0.1) is 49.7 Å². The number of pyridine rings is 3. The molecule has 0 unspecified atom stereocenters. The third kappa shape index (κ3) is 38.9. The average Bonchev–Trinajstić information content (AvgIpc) is 3.33. The van der Waals surface area contributed by atoms with Gasteiger partial charge in [0.05, 0.1) is 0 Å². The molecule has 0 bridgehead atoms. The van der Waals surface area contributed by atoms with E-state index in [2.05, 4.69) is 243 Å². The molecule has 0 saturated carbocycles. The molecule has 78 heavy (non-hydrogen) atoms. The fourth-order valence-electron chi connectivity index (χ4n) is 5.05. The van der Waals surface area contributed by atoms with Gasteiger partial charge in [-0.05, 0) is 39.5 Å². The van der Waals surface area contributed by atoms with Crippen molar-refractivity contribution in [1.29, 1.82) is 0 Å². The van der Waals surface area contributed by atoms with Crippen molar-refractivity contribution in [3.8, 4) is 12.3 Å². The molecule has 6 radical (unpaired) electrons. The Hall–Kier alpha value is -2.70. The van der Waals surface area contributed by atoms with Crippen LogP contribution in [0.2, 0.25) is 0 Å². The Morgan fingerprint density at radius 2 is 0.936 bits per heavy atom. The third-order valence-electron chi connectivity index (χ3n) is 9.55. The van der Waals surface area contributed by atoms with Gasteiger partial charge in [-0.25, -0.2) is 9.97 Å². The Kier molecular flexibility index (Phi) is 45.9. The van der Waals surface area contributed by atoms with E-state index in [4.69, 9.17) is 6.42 Å². The fraction of sp³-hybridized carbons (Fsp3) is 0.459. The van der Waals surface area contributed by atoms with E-state index in [1.54, 1.807) is 43.1 Å². The molecule has 0 aromatic carbocycles. The van der Waals surface area contributed by atoms with Crippen molar-refractivity contribution in [2.75, 3.05) is 0 Å². The van der Waals surface area contributed by atoms with Gasteiger partial charge in [0, 0.05) is 146 Å². The summed E-state index contributed by atoms with van der Waals surface area (Å²) in [4.78, 5) is 43.9. The standard InChI is InChI=1S/C10H12N2.3C9H12N.3C8H11N2.6Re/c1-5-8-6-7-11-9(12-8)10(2,3)4;1-9(2,3)8-4-6-10-7-5-8;1-9(2,3)8-5-4-6-10-7-8;1-9(2,3)8-6-4-5-7-10-8;2*1-8(2,3)7-4-5-9-6-10-7;1-8(2,3)7-9-5-4-6-10-7;;;;;;/h1,6-7H,2-4H3;3*4-6H,1-3H3;4,6H,1-3H3;2*4-5H,1-3H3;;;;;;/q;6*-1;;;;;;. The minimum Gasteiger partial charge on any atom is -0.394 e. The summed E-state index contributed by atoms with van der Waals surface area (Å²) in [7, 11) is 0. The molecule has 0 aliphatic heterocycles. The molecule has 0 aliphatic carbocycles. The number of nitrogens with zero attached hydrogens (tertiary/aromatic N) is 11. The maximum atomic E-state index is 5.22. The second-order valence-electron chi connectivity index (χ2n) is 23.7. The van der Waals surface area contributed by atoms with Crippen molar-refractivity contribution in [1.82, 2.24) is 54.8 Å². The van der Waals surface area contributed by atoms with Crippen LogP contribution in [-0.2, 0) is 160 Å². The van der Waals surface area contributed by atoms with Crippen LogP contribution in [0.3, 0.4) is 0 Å². The summed E-state index contributed by atoms with van der Waals surface area (Å²) in [6, 6.07) is 20.9. The molecular formula is C61H81N11Re6-6. The van der Waals surface area contributed by atoms with Gasteiger partial charge in [0.15, 0.2) is 0 Å². The van der Waals surface area contributed by atoms with Crippen molar-refractivity contribution in [2.24, 2.45) is 0 Å². The van der Waals surface area contributed by atoms with Crippen LogP contribution in [0.25, 0.3) is 0 Å². The van der Waals surface area contributed by atoms with E-state index in [9.17, 15) is 0 Å². The van der Waals surface area contributed by atoms with E-state index in [-0.39, 0.29) is 160 Å². The van der Waals surface area contributed by atoms with Crippen molar-refractivity contribution >= 4 is 0 Å². The molecule has 0 saturated heterocycles. The minimum absolute atomic E-state index is 0. The van der Waals surface area contributed by atoms with Gasteiger partial charge in [-0.3, -0.25) is 0 Å². The van der Waals surface area contributed by atoms with Crippen LogP contribution in [0.15, 0.2) is 104 Å². The number of terminal acetylenes is 1. The molecule has 7 rings (SSSR count). The molecule has 11 nitrogen and oxygen atoms in total. The minimum atomic E-state index is -0.0349. The van der Waals surface area contributed by atoms with Crippen molar-refractivity contribution in [2.45, 2.75) is 183 Å². The van der Waals surface area contributed by atoms with E-state index in [1.807, 2.05) is 54.6 Å². The third-order valence-corrected chi connectivity index (χ3v) is 9.55. The first-order valence-corrected chi connectivity index (χ1v) is 24.0. The molecule has 7 heterocycles. The second-order valence-corrected chi connectivity index (χ2v) is 23.7. The van der Waals surface area contributed by atoms with Crippen LogP contribution in [-0.4, -0.2) is 54.8 Å². The normalized spacial score (nSPS) is 10.5. The predicted octanol–water partition coefficient (Wildman–Crippen LogP) is 13.0. The molecule has 7 aromatic heterocycles. The van der Waals surface area contributed by atoms with E-state index in [1.165, 1.54) is 11.9 Å². The Morgan fingerprint density at radius 1 is 0.397 bits per heavy atom. The van der Waals surface area contributed by atoms with Gasteiger partial charge in [0.2, 0.25) is 0 Å². The average molecular weight is 2090 g/mol. The summed E-state index contributed by atoms with van der Waals surface area (Å²) in [5.41, 5.74) is 7.02. The Labute approximate surface area is 554 Å². The predicted molar refractivity (Wildman–Crippen MR) is 293 cm³/mol. The molecular weight excluding hydrogens is 2000 g/mol. The van der Waals surface area contributed by atoms with Gasteiger partial charge in [-0.1, -0.05) is 230 Å². The first kappa shape index (κ1) is 86.6. The first-order valence-electron chi connectivity index (χ1n) is 24.0. The fourth-order valence-corrected chi connectivity index (χ4v) is 5.05. The second kappa shape index (κ2) is 41.3. The largest absolute Gasteiger partial charge is 0.394 e. The van der Waals surface area contributed by atoms with Crippen LogP contribution in [0.4, 0.5) is 0 Å². The number of aromatic nitrogens is 11. The number of rotatable bonds is 0. The zero-order valence-corrected chi connectivity index (χ0v) is 65.9. The van der Waals surface area contributed by atoms with Crippen LogP contribution in [0.1, 0.15) is 191 Å². The Balaban J connectivity index is -0.000000192. The van der Waals surface area contributed by atoms with E-state index in [0.29, 0.717) is 5.69 Å². The Bertz CT molecular complexity index is 2160. The summed E-state index contributed by atoms with van der Waals surface area (Å²) in [6.45, 7) is 44.5. The number of hydrogen-bond acceptors (Lipinski definition) is 11. The van der Waals surface area contributed by atoms with Gasteiger partial charge < -0.3 is 44.9 Å². The van der Waals surface area contributed by atoms with Crippen molar-refractivity contribution < 1.29 is 123 Å².